The van der Waals surface area contributed by atoms with E-state index >= 15 is 0 Å². The van der Waals surface area contributed by atoms with E-state index in [1.807, 2.05) is 0 Å². The van der Waals surface area contributed by atoms with E-state index in [9.17, 15) is 0 Å². The molecule has 51 valence electrons. The van der Waals surface area contributed by atoms with Crippen molar-refractivity contribution in [2.24, 2.45) is 11.8 Å². The van der Waals surface area contributed by atoms with Gasteiger partial charge in [0, 0.05) is 0 Å². The van der Waals surface area contributed by atoms with Crippen LogP contribution in [0.2, 0.25) is 0 Å². The molecule has 0 nitrogen and oxygen atoms in total. The maximum atomic E-state index is 2.56. The third kappa shape index (κ3) is 0.997. The van der Waals surface area contributed by atoms with Gasteiger partial charge in [-0.1, -0.05) is 19.3 Å². The van der Waals surface area contributed by atoms with Gasteiger partial charge in [-0.3, -0.25) is 0 Å². The van der Waals surface area contributed by atoms with Gasteiger partial charge in [0.1, 0.15) is 0 Å². The van der Waals surface area contributed by atoms with Crippen molar-refractivity contribution in [2.75, 3.05) is 0 Å². The average molecular weight is 123 g/mol. The minimum Gasteiger partial charge on any atom is -0.0530 e. The third-order valence-electron chi connectivity index (χ3n) is 2.97. The molecule has 2 fully saturated rings. The molecule has 2 aliphatic carbocycles. The molecule has 0 N–H and O–H groups in total. The molecule has 0 aliphatic heterocycles. The Morgan fingerprint density at radius 3 is 2.78 bits per heavy atom. The first-order valence-corrected chi connectivity index (χ1v) is 4.30. The summed E-state index contributed by atoms with van der Waals surface area (Å²) in [5, 5.41) is 0. The van der Waals surface area contributed by atoms with Crippen molar-refractivity contribution in [1.82, 2.24) is 0 Å². The van der Waals surface area contributed by atoms with E-state index < -0.39 is 0 Å². The minimum absolute atomic E-state index is 1.04. The first kappa shape index (κ1) is 5.76. The van der Waals surface area contributed by atoms with Crippen LogP contribution in [-0.2, 0) is 0 Å². The highest BCUT2D eigenvalue weighted by molar-refractivity contribution is 4.92. The summed E-state index contributed by atoms with van der Waals surface area (Å²) in [6, 6.07) is 0. The SMILES string of the molecule is [CH]1CCC2CCCCC12. The molecule has 2 unspecified atom stereocenters. The van der Waals surface area contributed by atoms with Crippen molar-refractivity contribution in [3.8, 4) is 0 Å². The van der Waals surface area contributed by atoms with Crippen LogP contribution in [0.1, 0.15) is 38.5 Å². The van der Waals surface area contributed by atoms with Gasteiger partial charge in [0.05, 0.1) is 0 Å². The lowest BCUT2D eigenvalue weighted by atomic mass is 9.82. The molecule has 9 heavy (non-hydrogen) atoms. The van der Waals surface area contributed by atoms with Crippen LogP contribution in [0.5, 0.6) is 0 Å². The largest absolute Gasteiger partial charge is 0.0530 e. The average Bonchev–Trinajstić information content (AvgIpc) is 2.33. The van der Waals surface area contributed by atoms with Crippen molar-refractivity contribution in [1.29, 1.82) is 0 Å². The van der Waals surface area contributed by atoms with Gasteiger partial charge < -0.3 is 0 Å². The topological polar surface area (TPSA) is 0 Å². The van der Waals surface area contributed by atoms with Crippen molar-refractivity contribution < 1.29 is 0 Å². The Morgan fingerprint density at radius 2 is 1.89 bits per heavy atom. The maximum absolute atomic E-state index is 2.56. The quantitative estimate of drug-likeness (QED) is 0.464. The van der Waals surface area contributed by atoms with Crippen LogP contribution in [0.25, 0.3) is 0 Å². The van der Waals surface area contributed by atoms with E-state index in [4.69, 9.17) is 0 Å². The fraction of sp³-hybridized carbons (Fsp3) is 0.889. The summed E-state index contributed by atoms with van der Waals surface area (Å²) in [7, 11) is 0. The lowest BCUT2D eigenvalue weighted by Gasteiger charge is -2.24. The van der Waals surface area contributed by atoms with E-state index in [0.29, 0.717) is 0 Å². The molecular weight excluding hydrogens is 108 g/mol. The lowest BCUT2D eigenvalue weighted by molar-refractivity contribution is 0.300. The Labute approximate surface area is 57.6 Å². The van der Waals surface area contributed by atoms with Crippen molar-refractivity contribution in [2.45, 2.75) is 38.5 Å². The zero-order chi connectivity index (χ0) is 6.10. The second kappa shape index (κ2) is 2.32. The Hall–Kier alpha value is 0. The highest BCUT2D eigenvalue weighted by Crippen LogP contribution is 2.40. The summed E-state index contributed by atoms with van der Waals surface area (Å²) in [4.78, 5) is 0. The van der Waals surface area contributed by atoms with Gasteiger partial charge in [0.15, 0.2) is 0 Å². The Kier molecular flexibility index (Phi) is 1.48. The van der Waals surface area contributed by atoms with Crippen LogP contribution >= 0.6 is 0 Å². The van der Waals surface area contributed by atoms with Crippen molar-refractivity contribution >= 4 is 0 Å². The number of rotatable bonds is 0. The number of hydrogen-bond acceptors (Lipinski definition) is 0. The Bertz CT molecular complexity index is 84.2. The number of fused-ring (bicyclic) bond motifs is 1. The zero-order valence-corrected chi connectivity index (χ0v) is 5.97. The second-order valence-corrected chi connectivity index (χ2v) is 3.52. The van der Waals surface area contributed by atoms with E-state index in [2.05, 4.69) is 6.42 Å². The fourth-order valence-corrected chi connectivity index (χ4v) is 2.43. The second-order valence-electron chi connectivity index (χ2n) is 3.52. The fourth-order valence-electron chi connectivity index (χ4n) is 2.43. The zero-order valence-electron chi connectivity index (χ0n) is 5.97. The molecule has 2 rings (SSSR count). The van der Waals surface area contributed by atoms with Gasteiger partial charge in [-0.05, 0) is 37.5 Å². The molecule has 2 aliphatic rings. The summed E-state index contributed by atoms with van der Waals surface area (Å²) < 4.78 is 0. The summed E-state index contributed by atoms with van der Waals surface area (Å²) in [5.74, 6) is 2.15. The molecule has 0 saturated heterocycles. The molecule has 0 aromatic heterocycles. The van der Waals surface area contributed by atoms with Crippen LogP contribution in [0.3, 0.4) is 0 Å². The van der Waals surface area contributed by atoms with E-state index in [-0.39, 0.29) is 0 Å². The Balaban J connectivity index is 1.97. The summed E-state index contributed by atoms with van der Waals surface area (Å²) in [6.07, 6.45) is 11.5. The molecule has 0 heterocycles. The van der Waals surface area contributed by atoms with Crippen molar-refractivity contribution in [3.05, 3.63) is 6.42 Å². The lowest BCUT2D eigenvalue weighted by Crippen LogP contribution is -2.12. The molecule has 2 saturated carbocycles. The molecular formula is C9H15. The molecule has 0 bridgehead atoms. The van der Waals surface area contributed by atoms with Gasteiger partial charge in [-0.25, -0.2) is 0 Å². The molecule has 0 aromatic carbocycles. The van der Waals surface area contributed by atoms with E-state index in [1.54, 1.807) is 0 Å². The van der Waals surface area contributed by atoms with Crippen LogP contribution in [0.15, 0.2) is 0 Å². The van der Waals surface area contributed by atoms with Gasteiger partial charge in [0.2, 0.25) is 0 Å². The predicted octanol–water partition coefficient (Wildman–Crippen LogP) is 2.79. The third-order valence-corrected chi connectivity index (χ3v) is 2.97. The molecule has 2 atom stereocenters. The van der Waals surface area contributed by atoms with Gasteiger partial charge in [0.25, 0.3) is 0 Å². The van der Waals surface area contributed by atoms with Crippen LogP contribution in [0.4, 0.5) is 0 Å². The van der Waals surface area contributed by atoms with E-state index in [1.165, 1.54) is 38.5 Å². The summed E-state index contributed by atoms with van der Waals surface area (Å²) in [5.41, 5.74) is 0. The Morgan fingerprint density at radius 1 is 1.00 bits per heavy atom. The predicted molar refractivity (Wildman–Crippen MR) is 39.0 cm³/mol. The van der Waals surface area contributed by atoms with Gasteiger partial charge >= 0.3 is 0 Å². The molecule has 1 radical (unpaired) electrons. The standard InChI is InChI=1S/C9H15/c1-2-5-9-7-3-6-8(9)4-1/h6,8-9H,1-5,7H2. The van der Waals surface area contributed by atoms with Gasteiger partial charge in [-0.2, -0.15) is 0 Å². The smallest absolute Gasteiger partial charge is 0.0352 e. The first-order valence-electron chi connectivity index (χ1n) is 4.30. The minimum atomic E-state index is 1.04. The monoisotopic (exact) mass is 123 g/mol. The summed E-state index contributed by atoms with van der Waals surface area (Å²) >= 11 is 0. The highest BCUT2D eigenvalue weighted by atomic mass is 14.3. The summed E-state index contributed by atoms with van der Waals surface area (Å²) in [6.45, 7) is 0. The van der Waals surface area contributed by atoms with Crippen LogP contribution in [0, 0.1) is 18.3 Å². The molecule has 0 amide bonds. The maximum Gasteiger partial charge on any atom is -0.0352 e. The molecule has 0 heteroatoms. The highest BCUT2D eigenvalue weighted by Gasteiger charge is 2.28. The van der Waals surface area contributed by atoms with Crippen LogP contribution < -0.4 is 0 Å². The molecule has 0 aromatic rings. The van der Waals surface area contributed by atoms with Crippen molar-refractivity contribution in [3.63, 3.8) is 0 Å². The first-order chi connectivity index (χ1) is 4.47. The number of hydrogen-bond donors (Lipinski definition) is 0. The van der Waals surface area contributed by atoms with E-state index in [0.717, 1.165) is 11.8 Å². The normalized spacial score (nSPS) is 42.7. The molecule has 0 spiro atoms. The van der Waals surface area contributed by atoms with Crippen LogP contribution in [-0.4, -0.2) is 0 Å². The van der Waals surface area contributed by atoms with Gasteiger partial charge in [-0.15, -0.1) is 0 Å².